The lowest BCUT2D eigenvalue weighted by Gasteiger charge is -2.15. The Labute approximate surface area is 129 Å². The van der Waals surface area contributed by atoms with Gasteiger partial charge in [0, 0.05) is 10.0 Å². The van der Waals surface area contributed by atoms with Crippen molar-refractivity contribution < 1.29 is 4.74 Å². The highest BCUT2D eigenvalue weighted by atomic mass is 79.9. The number of thiocarbonyl (C=S) groups is 1. The maximum Gasteiger partial charge on any atom is 0.120 e. The van der Waals surface area contributed by atoms with Crippen molar-refractivity contribution in [1.29, 1.82) is 0 Å². The summed E-state index contributed by atoms with van der Waals surface area (Å²) in [7, 11) is 0. The van der Waals surface area contributed by atoms with E-state index in [9.17, 15) is 0 Å². The van der Waals surface area contributed by atoms with E-state index in [0.717, 1.165) is 22.2 Å². The Hall–Kier alpha value is -0.610. The minimum Gasteiger partial charge on any atom is -0.491 e. The molecular weight excluding hydrogens is 322 g/mol. The van der Waals surface area contributed by atoms with Crippen molar-refractivity contribution in [2.24, 2.45) is 5.73 Å². The van der Waals surface area contributed by atoms with Gasteiger partial charge in [-0.15, -0.1) is 0 Å². The van der Waals surface area contributed by atoms with Crippen molar-refractivity contribution in [2.45, 2.75) is 52.1 Å². The Kier molecular flexibility index (Phi) is 7.39. The number of halogens is 1. The summed E-state index contributed by atoms with van der Waals surface area (Å²) >= 11 is 8.43. The van der Waals surface area contributed by atoms with Crippen LogP contribution in [-0.2, 0) is 0 Å². The number of benzene rings is 1. The Balaban J connectivity index is 2.48. The van der Waals surface area contributed by atoms with Gasteiger partial charge in [-0.25, -0.2) is 0 Å². The van der Waals surface area contributed by atoms with Gasteiger partial charge in [-0.3, -0.25) is 0 Å². The molecule has 0 fully saturated rings. The van der Waals surface area contributed by atoms with Gasteiger partial charge in [-0.2, -0.15) is 0 Å². The lowest BCUT2D eigenvalue weighted by atomic mass is 10.1. The predicted molar refractivity (Wildman–Crippen MR) is 88.9 cm³/mol. The van der Waals surface area contributed by atoms with Gasteiger partial charge in [-0.05, 0) is 53.9 Å². The summed E-state index contributed by atoms with van der Waals surface area (Å²) in [5.41, 5.74) is 6.47. The molecule has 2 N–H and O–H groups in total. The van der Waals surface area contributed by atoms with Crippen LogP contribution in [0, 0.1) is 0 Å². The topological polar surface area (TPSA) is 35.2 Å². The largest absolute Gasteiger partial charge is 0.491 e. The standard InChI is InChI=1S/C15H22BrNOS/c1-3-4-5-6-7-11(2)18-12-8-9-13(15(17)19)14(16)10-12/h8-11H,3-7H2,1-2H3,(H2,17,19). The van der Waals surface area contributed by atoms with E-state index >= 15 is 0 Å². The minimum atomic E-state index is 0.236. The van der Waals surface area contributed by atoms with Gasteiger partial charge >= 0.3 is 0 Å². The molecule has 0 saturated carbocycles. The van der Waals surface area contributed by atoms with Crippen molar-refractivity contribution in [3.63, 3.8) is 0 Å². The molecule has 0 aliphatic rings. The molecule has 0 aliphatic heterocycles. The molecule has 0 aliphatic carbocycles. The van der Waals surface area contributed by atoms with Gasteiger partial charge in [0.2, 0.25) is 0 Å². The molecule has 1 aromatic carbocycles. The lowest BCUT2D eigenvalue weighted by Crippen LogP contribution is -2.13. The monoisotopic (exact) mass is 343 g/mol. The van der Waals surface area contributed by atoms with Crippen LogP contribution in [0.5, 0.6) is 5.75 Å². The van der Waals surface area contributed by atoms with Gasteiger partial charge in [0.15, 0.2) is 0 Å². The zero-order valence-electron chi connectivity index (χ0n) is 11.6. The van der Waals surface area contributed by atoms with Crippen LogP contribution in [0.1, 0.15) is 51.5 Å². The smallest absolute Gasteiger partial charge is 0.120 e. The fourth-order valence-corrected chi connectivity index (χ4v) is 2.80. The zero-order valence-corrected chi connectivity index (χ0v) is 14.0. The summed E-state index contributed by atoms with van der Waals surface area (Å²) in [6.07, 6.45) is 6.41. The molecule has 1 aromatic rings. The Morgan fingerprint density at radius 3 is 2.68 bits per heavy atom. The van der Waals surface area contributed by atoms with E-state index in [4.69, 9.17) is 22.7 Å². The van der Waals surface area contributed by atoms with Crippen LogP contribution < -0.4 is 10.5 Å². The maximum absolute atomic E-state index is 5.90. The SMILES string of the molecule is CCCCCCC(C)Oc1ccc(C(N)=S)c(Br)c1. The first-order valence-corrected chi connectivity index (χ1v) is 8.00. The molecule has 19 heavy (non-hydrogen) atoms. The Morgan fingerprint density at radius 2 is 2.11 bits per heavy atom. The first-order chi connectivity index (χ1) is 9.04. The predicted octanol–water partition coefficient (Wildman–Crippen LogP) is 4.82. The number of hydrogen-bond donors (Lipinski definition) is 1. The summed E-state index contributed by atoms with van der Waals surface area (Å²) in [5.74, 6) is 0.856. The summed E-state index contributed by atoms with van der Waals surface area (Å²) in [6.45, 7) is 4.34. The number of unbranched alkanes of at least 4 members (excludes halogenated alkanes) is 3. The van der Waals surface area contributed by atoms with Crippen LogP contribution in [0.25, 0.3) is 0 Å². The molecule has 0 heterocycles. The van der Waals surface area contributed by atoms with E-state index in [0.29, 0.717) is 4.99 Å². The van der Waals surface area contributed by atoms with E-state index in [1.165, 1.54) is 25.7 Å². The van der Waals surface area contributed by atoms with Crippen LogP contribution in [0.3, 0.4) is 0 Å². The lowest BCUT2D eigenvalue weighted by molar-refractivity contribution is 0.206. The molecule has 0 aromatic heterocycles. The van der Waals surface area contributed by atoms with Crippen LogP contribution >= 0.6 is 28.1 Å². The Morgan fingerprint density at radius 1 is 1.37 bits per heavy atom. The second-order valence-corrected chi connectivity index (χ2v) is 6.08. The molecule has 106 valence electrons. The third kappa shape index (κ3) is 5.91. The van der Waals surface area contributed by atoms with Crippen molar-refractivity contribution >= 4 is 33.1 Å². The number of rotatable bonds is 8. The van der Waals surface area contributed by atoms with Crippen LogP contribution in [-0.4, -0.2) is 11.1 Å². The fraction of sp³-hybridized carbons (Fsp3) is 0.533. The number of nitrogens with two attached hydrogens (primary N) is 1. The quantitative estimate of drug-likeness (QED) is 0.542. The fourth-order valence-electron chi connectivity index (χ4n) is 1.92. The molecular formula is C15H22BrNOS. The highest BCUT2D eigenvalue weighted by Gasteiger charge is 2.07. The average Bonchev–Trinajstić information content (AvgIpc) is 2.34. The van der Waals surface area contributed by atoms with Crippen molar-refractivity contribution in [2.75, 3.05) is 0 Å². The maximum atomic E-state index is 5.90. The summed E-state index contributed by atoms with van der Waals surface area (Å²) in [6, 6.07) is 5.74. The van der Waals surface area contributed by atoms with Crippen molar-refractivity contribution in [1.82, 2.24) is 0 Å². The second-order valence-electron chi connectivity index (χ2n) is 4.78. The molecule has 1 rings (SSSR count). The second kappa shape index (κ2) is 8.54. The normalized spacial score (nSPS) is 12.2. The zero-order chi connectivity index (χ0) is 14.3. The van der Waals surface area contributed by atoms with Crippen LogP contribution in [0.4, 0.5) is 0 Å². The van der Waals surface area contributed by atoms with E-state index in [1.54, 1.807) is 0 Å². The first-order valence-electron chi connectivity index (χ1n) is 6.80. The molecule has 1 atom stereocenters. The van der Waals surface area contributed by atoms with E-state index < -0.39 is 0 Å². The molecule has 0 amide bonds. The summed E-state index contributed by atoms with van der Waals surface area (Å²) in [5, 5.41) is 0. The van der Waals surface area contributed by atoms with Gasteiger partial charge < -0.3 is 10.5 Å². The molecule has 0 radical (unpaired) electrons. The third-order valence-corrected chi connectivity index (χ3v) is 3.88. The van der Waals surface area contributed by atoms with E-state index in [-0.39, 0.29) is 6.10 Å². The van der Waals surface area contributed by atoms with E-state index in [1.807, 2.05) is 18.2 Å². The first kappa shape index (κ1) is 16.4. The average molecular weight is 344 g/mol. The number of hydrogen-bond acceptors (Lipinski definition) is 2. The third-order valence-electron chi connectivity index (χ3n) is 3.01. The number of ether oxygens (including phenoxy) is 1. The highest BCUT2D eigenvalue weighted by Crippen LogP contribution is 2.24. The molecule has 2 nitrogen and oxygen atoms in total. The van der Waals surface area contributed by atoms with Gasteiger partial charge in [-0.1, -0.05) is 38.4 Å². The van der Waals surface area contributed by atoms with Crippen LogP contribution in [0.15, 0.2) is 22.7 Å². The summed E-state index contributed by atoms with van der Waals surface area (Å²) < 4.78 is 6.78. The molecule has 0 spiro atoms. The van der Waals surface area contributed by atoms with E-state index in [2.05, 4.69) is 29.8 Å². The molecule has 4 heteroatoms. The van der Waals surface area contributed by atoms with Crippen molar-refractivity contribution in [3.8, 4) is 5.75 Å². The minimum absolute atomic E-state index is 0.236. The van der Waals surface area contributed by atoms with Crippen molar-refractivity contribution in [3.05, 3.63) is 28.2 Å². The molecule has 0 bridgehead atoms. The highest BCUT2D eigenvalue weighted by molar-refractivity contribution is 9.10. The van der Waals surface area contributed by atoms with Gasteiger partial charge in [0.25, 0.3) is 0 Å². The van der Waals surface area contributed by atoms with Crippen LogP contribution in [0.2, 0.25) is 0 Å². The Bertz CT molecular complexity index is 423. The van der Waals surface area contributed by atoms with Gasteiger partial charge in [0.05, 0.1) is 6.10 Å². The molecule has 0 saturated heterocycles. The summed E-state index contributed by atoms with van der Waals surface area (Å²) in [4.78, 5) is 0.394. The molecule has 1 unspecified atom stereocenters. The van der Waals surface area contributed by atoms with Gasteiger partial charge in [0.1, 0.15) is 10.7 Å².